The lowest BCUT2D eigenvalue weighted by Gasteiger charge is -2.07. The summed E-state index contributed by atoms with van der Waals surface area (Å²) in [4.78, 5) is 11.2. The van der Waals surface area contributed by atoms with Gasteiger partial charge in [0.1, 0.15) is 6.61 Å². The third-order valence-electron chi connectivity index (χ3n) is 1.75. The molecule has 0 radical (unpaired) electrons. The second-order valence-electron chi connectivity index (χ2n) is 2.94. The van der Waals surface area contributed by atoms with E-state index < -0.39 is 0 Å². The number of carbonyl (C=O) groups excluding carboxylic acids is 1. The number of anilines is 1. The molecule has 1 amide bonds. The Morgan fingerprint density at radius 1 is 1.57 bits per heavy atom. The van der Waals surface area contributed by atoms with Crippen molar-refractivity contribution in [3.05, 3.63) is 27.3 Å². The number of rotatable bonds is 3. The van der Waals surface area contributed by atoms with E-state index in [-0.39, 0.29) is 12.5 Å². The van der Waals surface area contributed by atoms with Crippen LogP contribution < -0.4 is 5.32 Å². The third-order valence-corrected chi connectivity index (χ3v) is 2.42. The standard InChI is InChI=1S/C10H12INO2/c1-7-3-4-8(11)5-9(7)12-10(13)6-14-2/h3-5H,6H2,1-2H3,(H,12,13). The SMILES string of the molecule is COCC(=O)Nc1cc(I)ccc1C. The maximum Gasteiger partial charge on any atom is 0.250 e. The molecule has 0 atom stereocenters. The van der Waals surface area contributed by atoms with Crippen LogP contribution in [0.2, 0.25) is 0 Å². The normalized spacial score (nSPS) is 9.93. The second-order valence-corrected chi connectivity index (χ2v) is 4.19. The molecule has 0 aliphatic carbocycles. The van der Waals surface area contributed by atoms with Gasteiger partial charge in [-0.2, -0.15) is 0 Å². The van der Waals surface area contributed by atoms with E-state index in [2.05, 4.69) is 27.9 Å². The molecule has 0 unspecified atom stereocenters. The summed E-state index contributed by atoms with van der Waals surface area (Å²) >= 11 is 2.21. The quantitative estimate of drug-likeness (QED) is 0.869. The van der Waals surface area contributed by atoms with E-state index in [0.717, 1.165) is 14.8 Å². The van der Waals surface area contributed by atoms with Crippen LogP contribution in [0.4, 0.5) is 5.69 Å². The first-order chi connectivity index (χ1) is 6.63. The molecule has 0 fully saturated rings. The average molecular weight is 305 g/mol. The maximum atomic E-state index is 11.2. The van der Waals surface area contributed by atoms with E-state index >= 15 is 0 Å². The van der Waals surface area contributed by atoms with Gasteiger partial charge in [0.15, 0.2) is 0 Å². The van der Waals surface area contributed by atoms with Crippen molar-refractivity contribution in [2.24, 2.45) is 0 Å². The van der Waals surface area contributed by atoms with Crippen LogP contribution >= 0.6 is 22.6 Å². The summed E-state index contributed by atoms with van der Waals surface area (Å²) in [6.45, 7) is 2.05. The number of benzene rings is 1. The van der Waals surface area contributed by atoms with Gasteiger partial charge in [-0.25, -0.2) is 0 Å². The third kappa shape index (κ3) is 3.26. The molecule has 0 bridgehead atoms. The molecule has 0 heterocycles. The fourth-order valence-electron chi connectivity index (χ4n) is 1.05. The lowest BCUT2D eigenvalue weighted by atomic mass is 10.2. The number of aryl methyl sites for hydroxylation is 1. The monoisotopic (exact) mass is 305 g/mol. The van der Waals surface area contributed by atoms with Gasteiger partial charge < -0.3 is 10.1 Å². The van der Waals surface area contributed by atoms with Gasteiger partial charge in [0.25, 0.3) is 0 Å². The highest BCUT2D eigenvalue weighted by Gasteiger charge is 2.03. The van der Waals surface area contributed by atoms with E-state index in [4.69, 9.17) is 4.74 Å². The number of ether oxygens (including phenoxy) is 1. The van der Waals surface area contributed by atoms with Crippen molar-refractivity contribution in [2.75, 3.05) is 19.0 Å². The van der Waals surface area contributed by atoms with Gasteiger partial charge in [-0.15, -0.1) is 0 Å². The Labute approximate surface area is 97.0 Å². The van der Waals surface area contributed by atoms with Crippen molar-refractivity contribution in [1.82, 2.24) is 0 Å². The van der Waals surface area contributed by atoms with Crippen LogP contribution in [0.1, 0.15) is 5.56 Å². The highest BCUT2D eigenvalue weighted by Crippen LogP contribution is 2.17. The van der Waals surface area contributed by atoms with Crippen LogP contribution in [0, 0.1) is 10.5 Å². The molecule has 0 saturated carbocycles. The van der Waals surface area contributed by atoms with E-state index in [9.17, 15) is 4.79 Å². The Bertz CT molecular complexity index is 339. The first-order valence-corrected chi connectivity index (χ1v) is 5.26. The van der Waals surface area contributed by atoms with Gasteiger partial charge in [0.2, 0.25) is 5.91 Å². The topological polar surface area (TPSA) is 38.3 Å². The summed E-state index contributed by atoms with van der Waals surface area (Å²) in [5, 5.41) is 2.78. The van der Waals surface area contributed by atoms with E-state index in [1.165, 1.54) is 7.11 Å². The molecule has 3 nitrogen and oxygen atoms in total. The molecule has 1 aromatic carbocycles. The highest BCUT2D eigenvalue weighted by atomic mass is 127. The minimum Gasteiger partial charge on any atom is -0.375 e. The lowest BCUT2D eigenvalue weighted by molar-refractivity contribution is -0.119. The fraction of sp³-hybridized carbons (Fsp3) is 0.300. The summed E-state index contributed by atoms with van der Waals surface area (Å²) in [5.74, 6) is -0.127. The van der Waals surface area contributed by atoms with Crippen molar-refractivity contribution >= 4 is 34.2 Å². The van der Waals surface area contributed by atoms with E-state index in [1.54, 1.807) is 0 Å². The Morgan fingerprint density at radius 3 is 2.93 bits per heavy atom. The molecule has 0 saturated heterocycles. The summed E-state index contributed by atoms with van der Waals surface area (Å²) in [5.41, 5.74) is 1.90. The lowest BCUT2D eigenvalue weighted by Crippen LogP contribution is -2.17. The molecular formula is C10H12INO2. The van der Waals surface area contributed by atoms with Gasteiger partial charge in [0, 0.05) is 16.4 Å². The second kappa shape index (κ2) is 5.31. The Kier molecular flexibility index (Phi) is 4.34. The molecule has 14 heavy (non-hydrogen) atoms. The first-order valence-electron chi connectivity index (χ1n) is 4.18. The van der Waals surface area contributed by atoms with Gasteiger partial charge in [-0.05, 0) is 47.2 Å². The van der Waals surface area contributed by atoms with E-state index in [1.807, 2.05) is 25.1 Å². The van der Waals surface area contributed by atoms with Crippen LogP contribution in [0.5, 0.6) is 0 Å². The van der Waals surface area contributed by atoms with Crippen molar-refractivity contribution in [2.45, 2.75) is 6.92 Å². The minimum absolute atomic E-state index is 0.0882. The molecule has 0 spiro atoms. The molecule has 4 heteroatoms. The molecular weight excluding hydrogens is 293 g/mol. The molecule has 0 aliphatic rings. The Morgan fingerprint density at radius 2 is 2.29 bits per heavy atom. The molecule has 0 aromatic heterocycles. The van der Waals surface area contributed by atoms with Crippen molar-refractivity contribution in [3.8, 4) is 0 Å². The summed E-state index contributed by atoms with van der Waals surface area (Å²) in [6.07, 6.45) is 0. The van der Waals surface area contributed by atoms with Crippen LogP contribution in [0.25, 0.3) is 0 Å². The summed E-state index contributed by atoms with van der Waals surface area (Å²) in [7, 11) is 1.50. The van der Waals surface area contributed by atoms with Gasteiger partial charge >= 0.3 is 0 Å². The van der Waals surface area contributed by atoms with Gasteiger partial charge in [-0.3, -0.25) is 4.79 Å². The number of halogens is 1. The Balaban J connectivity index is 2.75. The molecule has 1 N–H and O–H groups in total. The zero-order valence-corrected chi connectivity index (χ0v) is 10.3. The first kappa shape index (κ1) is 11.5. The number of carbonyl (C=O) groups is 1. The van der Waals surface area contributed by atoms with Crippen molar-refractivity contribution < 1.29 is 9.53 Å². The number of methoxy groups -OCH3 is 1. The largest absolute Gasteiger partial charge is 0.375 e. The Hall–Kier alpha value is -0.620. The fourth-order valence-corrected chi connectivity index (χ4v) is 1.54. The molecule has 1 rings (SSSR count). The van der Waals surface area contributed by atoms with E-state index in [0.29, 0.717) is 0 Å². The van der Waals surface area contributed by atoms with Gasteiger partial charge in [-0.1, -0.05) is 6.07 Å². The predicted octanol–water partition coefficient (Wildman–Crippen LogP) is 2.18. The number of amides is 1. The predicted molar refractivity (Wildman–Crippen MR) is 64.4 cm³/mol. The van der Waals surface area contributed by atoms with Gasteiger partial charge in [0.05, 0.1) is 0 Å². The number of hydrogen-bond donors (Lipinski definition) is 1. The van der Waals surface area contributed by atoms with Crippen molar-refractivity contribution in [1.29, 1.82) is 0 Å². The highest BCUT2D eigenvalue weighted by molar-refractivity contribution is 14.1. The number of nitrogens with one attached hydrogen (secondary N) is 1. The molecule has 76 valence electrons. The summed E-state index contributed by atoms with van der Waals surface area (Å²) in [6, 6.07) is 5.91. The summed E-state index contributed by atoms with van der Waals surface area (Å²) < 4.78 is 5.83. The maximum absolute atomic E-state index is 11.2. The molecule has 1 aromatic rings. The molecule has 0 aliphatic heterocycles. The van der Waals surface area contributed by atoms with Crippen LogP contribution in [-0.4, -0.2) is 19.6 Å². The number of hydrogen-bond acceptors (Lipinski definition) is 2. The van der Waals surface area contributed by atoms with Crippen LogP contribution in [0.3, 0.4) is 0 Å². The zero-order valence-electron chi connectivity index (χ0n) is 8.13. The van der Waals surface area contributed by atoms with Crippen LogP contribution in [0.15, 0.2) is 18.2 Å². The minimum atomic E-state index is -0.127. The van der Waals surface area contributed by atoms with Crippen LogP contribution in [-0.2, 0) is 9.53 Å². The smallest absolute Gasteiger partial charge is 0.250 e. The van der Waals surface area contributed by atoms with Crippen molar-refractivity contribution in [3.63, 3.8) is 0 Å². The average Bonchev–Trinajstić information content (AvgIpc) is 2.12. The zero-order chi connectivity index (χ0) is 10.6.